The van der Waals surface area contributed by atoms with Gasteiger partial charge in [-0.1, -0.05) is 35.4 Å². The topological polar surface area (TPSA) is 46.3 Å². The molecule has 102 valence electrons. The van der Waals surface area contributed by atoms with Crippen LogP contribution in [0.1, 0.15) is 23.2 Å². The molecule has 19 heavy (non-hydrogen) atoms. The van der Waals surface area contributed by atoms with E-state index in [1.165, 1.54) is 0 Å². The van der Waals surface area contributed by atoms with Crippen molar-refractivity contribution in [1.82, 2.24) is 4.90 Å². The van der Waals surface area contributed by atoms with Gasteiger partial charge in [0.25, 0.3) is 5.91 Å². The molecule has 1 unspecified atom stereocenters. The number of amides is 1. The lowest BCUT2D eigenvalue weighted by Crippen LogP contribution is -2.43. The molecule has 1 fully saturated rings. The number of benzene rings is 1. The fraction of sp³-hybridized carbons (Fsp3) is 0.385. The monoisotopic (exact) mass is 316 g/mol. The van der Waals surface area contributed by atoms with E-state index in [0.29, 0.717) is 33.7 Å². The van der Waals surface area contributed by atoms with Crippen molar-refractivity contribution in [3.8, 4) is 0 Å². The van der Waals surface area contributed by atoms with Crippen LogP contribution in [0.4, 0.5) is 0 Å². The minimum Gasteiger partial charge on any atom is -0.393 e. The van der Waals surface area contributed by atoms with Gasteiger partial charge >= 0.3 is 0 Å². The Hall–Kier alpha value is -0.840. The summed E-state index contributed by atoms with van der Waals surface area (Å²) in [5.41, 5.74) is 6.17. The van der Waals surface area contributed by atoms with Crippen molar-refractivity contribution in [3.05, 3.63) is 33.8 Å². The maximum absolute atomic E-state index is 12.4. The van der Waals surface area contributed by atoms with Gasteiger partial charge in [0.05, 0.1) is 4.99 Å². The van der Waals surface area contributed by atoms with Crippen LogP contribution in [0.2, 0.25) is 10.0 Å². The maximum atomic E-state index is 12.4. The summed E-state index contributed by atoms with van der Waals surface area (Å²) in [7, 11) is 0. The predicted molar refractivity (Wildman–Crippen MR) is 81.9 cm³/mol. The molecule has 1 heterocycles. The number of piperidine rings is 1. The zero-order valence-electron chi connectivity index (χ0n) is 10.2. The average Bonchev–Trinajstić information content (AvgIpc) is 2.37. The van der Waals surface area contributed by atoms with E-state index in [4.69, 9.17) is 41.2 Å². The molecule has 0 spiro atoms. The van der Waals surface area contributed by atoms with E-state index in [1.807, 2.05) is 0 Å². The minimum atomic E-state index is -0.0784. The number of hydrogen-bond donors (Lipinski definition) is 1. The van der Waals surface area contributed by atoms with Gasteiger partial charge < -0.3 is 10.6 Å². The highest BCUT2D eigenvalue weighted by molar-refractivity contribution is 7.80. The molecule has 1 aromatic rings. The Kier molecular flexibility index (Phi) is 4.66. The number of halogens is 2. The summed E-state index contributed by atoms with van der Waals surface area (Å²) < 4.78 is 0. The highest BCUT2D eigenvalue weighted by Gasteiger charge is 2.26. The largest absolute Gasteiger partial charge is 0.393 e. The zero-order valence-corrected chi connectivity index (χ0v) is 12.6. The van der Waals surface area contributed by atoms with Crippen LogP contribution in [-0.2, 0) is 0 Å². The summed E-state index contributed by atoms with van der Waals surface area (Å²) >= 11 is 16.8. The molecule has 0 bridgehead atoms. The van der Waals surface area contributed by atoms with Crippen LogP contribution in [0.3, 0.4) is 0 Å². The molecule has 0 saturated carbocycles. The van der Waals surface area contributed by atoms with Crippen LogP contribution >= 0.6 is 35.4 Å². The van der Waals surface area contributed by atoms with Crippen LogP contribution in [0, 0.1) is 5.92 Å². The number of likely N-dealkylation sites (tertiary alicyclic amines) is 1. The number of hydrogen-bond acceptors (Lipinski definition) is 2. The Morgan fingerprint density at radius 1 is 1.32 bits per heavy atom. The van der Waals surface area contributed by atoms with Crippen LogP contribution < -0.4 is 5.73 Å². The van der Waals surface area contributed by atoms with Crippen LogP contribution in [0.25, 0.3) is 0 Å². The van der Waals surface area contributed by atoms with Crippen molar-refractivity contribution in [1.29, 1.82) is 0 Å². The van der Waals surface area contributed by atoms with E-state index < -0.39 is 0 Å². The molecule has 1 amide bonds. The van der Waals surface area contributed by atoms with Gasteiger partial charge in [0.15, 0.2) is 0 Å². The van der Waals surface area contributed by atoms with E-state index >= 15 is 0 Å². The number of thiocarbonyl (C=S) groups is 1. The molecule has 0 aliphatic carbocycles. The minimum absolute atomic E-state index is 0.0784. The second kappa shape index (κ2) is 6.07. The molecule has 1 aliphatic heterocycles. The molecular weight excluding hydrogens is 303 g/mol. The predicted octanol–water partition coefficient (Wildman–Crippen LogP) is 3.13. The SMILES string of the molecule is NC(=S)C1CCCN(C(=O)c2cc(Cl)cc(Cl)c2)C1. The van der Waals surface area contributed by atoms with Gasteiger partial charge in [-0.3, -0.25) is 4.79 Å². The second-order valence-corrected chi connectivity index (χ2v) is 6.00. The first kappa shape index (κ1) is 14.6. The van der Waals surface area contributed by atoms with Gasteiger partial charge in [0, 0.05) is 34.6 Å². The number of carbonyl (C=O) groups excluding carboxylic acids is 1. The van der Waals surface area contributed by atoms with Crippen LogP contribution in [-0.4, -0.2) is 28.9 Å². The van der Waals surface area contributed by atoms with Crippen LogP contribution in [0.5, 0.6) is 0 Å². The molecule has 2 N–H and O–H groups in total. The lowest BCUT2D eigenvalue weighted by Gasteiger charge is -2.32. The van der Waals surface area contributed by atoms with Crippen molar-refractivity contribution in [2.24, 2.45) is 11.7 Å². The summed E-state index contributed by atoms with van der Waals surface area (Å²) in [5, 5.41) is 0.914. The van der Waals surface area contributed by atoms with E-state index in [9.17, 15) is 4.79 Å². The molecule has 2 rings (SSSR count). The number of nitrogens with two attached hydrogens (primary N) is 1. The summed E-state index contributed by atoms with van der Waals surface area (Å²) in [5.74, 6) is 0.0210. The van der Waals surface area contributed by atoms with E-state index in [1.54, 1.807) is 23.1 Å². The van der Waals surface area contributed by atoms with Gasteiger partial charge in [-0.05, 0) is 31.0 Å². The molecule has 1 aromatic carbocycles. The molecule has 0 radical (unpaired) electrons. The molecule has 1 aliphatic rings. The lowest BCUT2D eigenvalue weighted by atomic mass is 9.97. The van der Waals surface area contributed by atoms with Crippen molar-refractivity contribution >= 4 is 46.3 Å². The van der Waals surface area contributed by atoms with Crippen molar-refractivity contribution in [2.45, 2.75) is 12.8 Å². The van der Waals surface area contributed by atoms with E-state index in [0.717, 1.165) is 12.8 Å². The third-order valence-electron chi connectivity index (χ3n) is 3.22. The Morgan fingerprint density at radius 3 is 2.53 bits per heavy atom. The average molecular weight is 317 g/mol. The molecule has 3 nitrogen and oxygen atoms in total. The Balaban J connectivity index is 2.16. The fourth-order valence-electron chi connectivity index (χ4n) is 2.25. The second-order valence-electron chi connectivity index (χ2n) is 4.65. The smallest absolute Gasteiger partial charge is 0.253 e. The van der Waals surface area contributed by atoms with E-state index in [-0.39, 0.29) is 11.8 Å². The summed E-state index contributed by atoms with van der Waals surface area (Å²) in [6.45, 7) is 1.28. The van der Waals surface area contributed by atoms with Crippen molar-refractivity contribution in [2.75, 3.05) is 13.1 Å². The molecule has 1 saturated heterocycles. The van der Waals surface area contributed by atoms with Crippen LogP contribution in [0.15, 0.2) is 18.2 Å². The molecular formula is C13H14Cl2N2OS. The van der Waals surface area contributed by atoms with Crippen molar-refractivity contribution < 1.29 is 4.79 Å². The van der Waals surface area contributed by atoms with Crippen molar-refractivity contribution in [3.63, 3.8) is 0 Å². The lowest BCUT2D eigenvalue weighted by molar-refractivity contribution is 0.0703. The highest BCUT2D eigenvalue weighted by atomic mass is 35.5. The van der Waals surface area contributed by atoms with Gasteiger partial charge in [0.1, 0.15) is 0 Å². The van der Waals surface area contributed by atoms with Gasteiger partial charge in [0.2, 0.25) is 0 Å². The standard InChI is InChI=1S/C13H14Cl2N2OS/c14-10-4-9(5-11(15)6-10)13(18)17-3-1-2-8(7-17)12(16)19/h4-6,8H,1-3,7H2,(H2,16,19). The summed E-state index contributed by atoms with van der Waals surface area (Å²) in [6, 6.07) is 4.86. The fourth-order valence-corrected chi connectivity index (χ4v) is 2.97. The van der Waals surface area contributed by atoms with Gasteiger partial charge in [-0.15, -0.1) is 0 Å². The maximum Gasteiger partial charge on any atom is 0.253 e. The summed E-state index contributed by atoms with van der Waals surface area (Å²) in [6.07, 6.45) is 1.84. The van der Waals surface area contributed by atoms with Gasteiger partial charge in [-0.25, -0.2) is 0 Å². The quantitative estimate of drug-likeness (QED) is 0.853. The number of carbonyl (C=O) groups is 1. The first-order valence-corrected chi connectivity index (χ1v) is 7.18. The number of rotatable bonds is 2. The van der Waals surface area contributed by atoms with Gasteiger partial charge in [-0.2, -0.15) is 0 Å². The van der Waals surface area contributed by atoms with E-state index in [2.05, 4.69) is 0 Å². The highest BCUT2D eigenvalue weighted by Crippen LogP contribution is 2.23. The Morgan fingerprint density at radius 2 is 1.95 bits per heavy atom. The Bertz CT molecular complexity index is 501. The molecule has 1 atom stereocenters. The normalized spacial score (nSPS) is 19.3. The third-order valence-corrected chi connectivity index (χ3v) is 3.99. The molecule has 6 heteroatoms. The first-order chi connectivity index (χ1) is 8.97. The summed E-state index contributed by atoms with van der Waals surface area (Å²) in [4.78, 5) is 14.6. The Labute approximate surface area is 127 Å². The first-order valence-electron chi connectivity index (χ1n) is 6.02. The number of nitrogens with zero attached hydrogens (tertiary/aromatic N) is 1. The molecule has 0 aromatic heterocycles. The zero-order chi connectivity index (χ0) is 14.0. The third kappa shape index (κ3) is 3.59.